The van der Waals surface area contributed by atoms with Crippen molar-refractivity contribution in [2.75, 3.05) is 32.8 Å². The van der Waals surface area contributed by atoms with Gasteiger partial charge in [0.25, 0.3) is 0 Å². The van der Waals surface area contributed by atoms with Crippen molar-refractivity contribution in [3.05, 3.63) is 17.9 Å². The lowest BCUT2D eigenvalue weighted by atomic mass is 10.1. The van der Waals surface area contributed by atoms with Crippen LogP contribution in [0.25, 0.3) is 0 Å². The van der Waals surface area contributed by atoms with Gasteiger partial charge in [0, 0.05) is 25.1 Å². The SMILES string of the molecule is COC(=O)C1CC(=O)N(c2cc(F)c(OC)cc2OC)C1. The quantitative estimate of drug-likeness (QED) is 0.785. The Morgan fingerprint density at radius 2 is 1.90 bits per heavy atom. The molecule has 1 aliphatic heterocycles. The molecule has 0 aromatic heterocycles. The summed E-state index contributed by atoms with van der Waals surface area (Å²) in [7, 11) is 4.02. The zero-order valence-electron chi connectivity index (χ0n) is 12.0. The van der Waals surface area contributed by atoms with E-state index in [2.05, 4.69) is 4.74 Å². The maximum atomic E-state index is 13.9. The number of benzene rings is 1. The summed E-state index contributed by atoms with van der Waals surface area (Å²) in [6.07, 6.45) is 0.0312. The van der Waals surface area contributed by atoms with Gasteiger partial charge in [-0.3, -0.25) is 9.59 Å². The van der Waals surface area contributed by atoms with Crippen LogP contribution in [0.2, 0.25) is 0 Å². The molecule has 1 amide bonds. The molecule has 114 valence electrons. The molecule has 1 unspecified atom stereocenters. The molecular formula is C14H16FNO5. The summed E-state index contributed by atoms with van der Waals surface area (Å²) in [5, 5.41) is 0. The minimum Gasteiger partial charge on any atom is -0.494 e. The van der Waals surface area contributed by atoms with Gasteiger partial charge >= 0.3 is 5.97 Å². The molecule has 7 heteroatoms. The lowest BCUT2D eigenvalue weighted by Gasteiger charge is -2.20. The van der Waals surface area contributed by atoms with E-state index in [9.17, 15) is 14.0 Å². The number of hydrogen-bond donors (Lipinski definition) is 0. The molecule has 1 saturated heterocycles. The number of carbonyl (C=O) groups excluding carboxylic acids is 2. The van der Waals surface area contributed by atoms with Crippen molar-refractivity contribution in [1.82, 2.24) is 0 Å². The molecule has 1 fully saturated rings. The van der Waals surface area contributed by atoms with Crippen molar-refractivity contribution in [2.45, 2.75) is 6.42 Å². The standard InChI is InChI=1S/C14H16FNO5/c1-19-11-6-12(20-2)10(5-9(11)15)16-7-8(4-13(16)17)14(18)21-3/h5-6,8H,4,7H2,1-3H3. The average Bonchev–Trinajstić information content (AvgIpc) is 2.87. The largest absolute Gasteiger partial charge is 0.494 e. The predicted octanol–water partition coefficient (Wildman–Crippen LogP) is 1.37. The van der Waals surface area contributed by atoms with Crippen LogP contribution in [0.1, 0.15) is 6.42 Å². The molecule has 21 heavy (non-hydrogen) atoms. The van der Waals surface area contributed by atoms with Crippen molar-refractivity contribution in [3.8, 4) is 11.5 Å². The number of rotatable bonds is 4. The van der Waals surface area contributed by atoms with Crippen LogP contribution < -0.4 is 14.4 Å². The van der Waals surface area contributed by atoms with Crippen molar-refractivity contribution in [1.29, 1.82) is 0 Å². The Morgan fingerprint density at radius 1 is 1.24 bits per heavy atom. The van der Waals surface area contributed by atoms with E-state index >= 15 is 0 Å². The number of methoxy groups -OCH3 is 3. The summed E-state index contributed by atoms with van der Waals surface area (Å²) < 4.78 is 28.5. The molecule has 1 atom stereocenters. The van der Waals surface area contributed by atoms with E-state index in [4.69, 9.17) is 9.47 Å². The van der Waals surface area contributed by atoms with E-state index in [0.29, 0.717) is 5.75 Å². The van der Waals surface area contributed by atoms with Crippen LogP contribution in [-0.4, -0.2) is 39.8 Å². The van der Waals surface area contributed by atoms with Crippen LogP contribution in [0, 0.1) is 11.7 Å². The normalized spacial score (nSPS) is 17.8. The fourth-order valence-electron chi connectivity index (χ4n) is 2.32. The Morgan fingerprint density at radius 3 is 2.48 bits per heavy atom. The van der Waals surface area contributed by atoms with Gasteiger partial charge in [0.15, 0.2) is 11.6 Å². The Kier molecular flexibility index (Phi) is 4.30. The average molecular weight is 297 g/mol. The van der Waals surface area contributed by atoms with E-state index < -0.39 is 17.7 Å². The zero-order valence-corrected chi connectivity index (χ0v) is 12.0. The van der Waals surface area contributed by atoms with Crippen LogP contribution in [0.5, 0.6) is 11.5 Å². The predicted molar refractivity (Wildman–Crippen MR) is 72.0 cm³/mol. The Labute approximate surface area is 121 Å². The van der Waals surface area contributed by atoms with Crippen LogP contribution in [0.3, 0.4) is 0 Å². The molecule has 0 N–H and O–H groups in total. The van der Waals surface area contributed by atoms with Crippen molar-refractivity contribution < 1.29 is 28.2 Å². The number of esters is 1. The van der Waals surface area contributed by atoms with Gasteiger partial charge in [0.1, 0.15) is 5.75 Å². The molecule has 0 spiro atoms. The van der Waals surface area contributed by atoms with Crippen LogP contribution in [-0.2, 0) is 14.3 Å². The smallest absolute Gasteiger partial charge is 0.311 e. The molecule has 6 nitrogen and oxygen atoms in total. The first-order valence-corrected chi connectivity index (χ1v) is 6.31. The van der Waals surface area contributed by atoms with Gasteiger partial charge in [0.05, 0.1) is 32.9 Å². The van der Waals surface area contributed by atoms with E-state index in [1.54, 1.807) is 0 Å². The number of carbonyl (C=O) groups is 2. The molecule has 1 aromatic rings. The summed E-state index contributed by atoms with van der Waals surface area (Å²) in [6.45, 7) is 0.133. The Bertz CT molecular complexity index is 575. The van der Waals surface area contributed by atoms with Crippen LogP contribution >= 0.6 is 0 Å². The lowest BCUT2D eigenvalue weighted by Crippen LogP contribution is -2.26. The molecule has 0 bridgehead atoms. The Balaban J connectivity index is 2.35. The summed E-state index contributed by atoms with van der Waals surface area (Å²) in [5.41, 5.74) is 0.271. The van der Waals surface area contributed by atoms with Gasteiger partial charge in [0.2, 0.25) is 5.91 Å². The van der Waals surface area contributed by atoms with E-state index in [1.165, 1.54) is 32.3 Å². The topological polar surface area (TPSA) is 65.1 Å². The number of halogens is 1. The highest BCUT2D eigenvalue weighted by Gasteiger charge is 2.37. The third kappa shape index (κ3) is 2.76. The second-order valence-corrected chi connectivity index (χ2v) is 4.59. The van der Waals surface area contributed by atoms with Crippen LogP contribution in [0.15, 0.2) is 12.1 Å². The Hall–Kier alpha value is -2.31. The minimum absolute atomic E-state index is 0.0202. The number of ether oxygens (including phenoxy) is 3. The molecule has 1 heterocycles. The first kappa shape index (κ1) is 15.1. The van der Waals surface area contributed by atoms with Gasteiger partial charge < -0.3 is 19.1 Å². The highest BCUT2D eigenvalue weighted by atomic mass is 19.1. The maximum absolute atomic E-state index is 13.9. The van der Waals surface area contributed by atoms with Crippen molar-refractivity contribution in [3.63, 3.8) is 0 Å². The summed E-state index contributed by atoms with van der Waals surface area (Å²) in [5.74, 6) is -1.59. The molecule has 1 aromatic carbocycles. The first-order valence-electron chi connectivity index (χ1n) is 6.31. The van der Waals surface area contributed by atoms with E-state index in [-0.39, 0.29) is 30.3 Å². The van der Waals surface area contributed by atoms with Crippen molar-refractivity contribution >= 4 is 17.6 Å². The van der Waals surface area contributed by atoms with Gasteiger partial charge in [-0.25, -0.2) is 4.39 Å². The fraction of sp³-hybridized carbons (Fsp3) is 0.429. The second-order valence-electron chi connectivity index (χ2n) is 4.59. The van der Waals surface area contributed by atoms with Crippen LogP contribution in [0.4, 0.5) is 10.1 Å². The second kappa shape index (κ2) is 5.99. The fourth-order valence-corrected chi connectivity index (χ4v) is 2.32. The molecule has 0 aliphatic carbocycles. The molecule has 0 saturated carbocycles. The monoisotopic (exact) mass is 297 g/mol. The zero-order chi connectivity index (χ0) is 15.6. The lowest BCUT2D eigenvalue weighted by molar-refractivity contribution is -0.145. The summed E-state index contributed by atoms with van der Waals surface area (Å²) in [4.78, 5) is 24.9. The third-order valence-corrected chi connectivity index (χ3v) is 3.40. The number of nitrogens with zero attached hydrogens (tertiary/aromatic N) is 1. The molecule has 1 aliphatic rings. The number of amides is 1. The van der Waals surface area contributed by atoms with Gasteiger partial charge in [-0.1, -0.05) is 0 Å². The minimum atomic E-state index is -0.609. The van der Waals surface area contributed by atoms with E-state index in [1.807, 2.05) is 0 Å². The summed E-state index contributed by atoms with van der Waals surface area (Å²) >= 11 is 0. The number of anilines is 1. The van der Waals surface area contributed by atoms with E-state index in [0.717, 1.165) is 6.07 Å². The van der Waals surface area contributed by atoms with Gasteiger partial charge in [-0.15, -0.1) is 0 Å². The number of hydrogen-bond acceptors (Lipinski definition) is 5. The highest BCUT2D eigenvalue weighted by molar-refractivity contribution is 6.00. The van der Waals surface area contributed by atoms with Gasteiger partial charge in [-0.05, 0) is 0 Å². The molecule has 2 rings (SSSR count). The maximum Gasteiger partial charge on any atom is 0.311 e. The first-order chi connectivity index (χ1) is 10.0. The summed E-state index contributed by atoms with van der Waals surface area (Å²) in [6, 6.07) is 2.53. The van der Waals surface area contributed by atoms with Crippen molar-refractivity contribution in [2.24, 2.45) is 5.92 Å². The molecule has 0 radical (unpaired) electrons. The molecular weight excluding hydrogens is 281 g/mol. The van der Waals surface area contributed by atoms with Gasteiger partial charge in [-0.2, -0.15) is 0 Å². The third-order valence-electron chi connectivity index (χ3n) is 3.40. The highest BCUT2D eigenvalue weighted by Crippen LogP contribution is 2.37.